The number of aliphatic hydroxyl groups is 1. The van der Waals surface area contributed by atoms with Crippen LogP contribution in [0, 0.1) is 0 Å². The molecule has 0 unspecified atom stereocenters. The summed E-state index contributed by atoms with van der Waals surface area (Å²) in [5.74, 6) is 0.171. The highest BCUT2D eigenvalue weighted by Gasteiger charge is 2.54. The van der Waals surface area contributed by atoms with E-state index in [1.165, 1.54) is 24.9 Å². The van der Waals surface area contributed by atoms with E-state index in [4.69, 9.17) is 19.9 Å². The fourth-order valence-corrected chi connectivity index (χ4v) is 3.02. The third kappa shape index (κ3) is 3.19. The molecule has 4 atom stereocenters. The van der Waals surface area contributed by atoms with E-state index in [9.17, 15) is 9.50 Å². The van der Waals surface area contributed by atoms with Gasteiger partial charge in [0.25, 0.3) is 0 Å². The Morgan fingerprint density at radius 1 is 1.46 bits per heavy atom. The van der Waals surface area contributed by atoms with Crippen molar-refractivity contribution in [3.8, 4) is 5.88 Å². The first-order chi connectivity index (χ1) is 12.4. The number of hydrogen-bond acceptors (Lipinski definition) is 8. The van der Waals surface area contributed by atoms with Gasteiger partial charge in [0, 0.05) is 6.61 Å². The van der Waals surface area contributed by atoms with Crippen LogP contribution in [0.3, 0.4) is 0 Å². The predicted octanol–water partition coefficient (Wildman–Crippen LogP) is 1.22. The van der Waals surface area contributed by atoms with Crippen LogP contribution in [0.25, 0.3) is 11.2 Å². The standard InChI is InChI=1S/C16H24FN5O4/c1-4-5-6-25-7-9-11(17)16(2,23)14(26-9)22-8-19-10-12(22)20-15(18)21-13(10)24-3/h8-9,11,14,23H,4-7H2,1-3H3,(H2,18,20,21)/t9-,11+,14-,16-/m1/s1. The minimum Gasteiger partial charge on any atom is -0.479 e. The van der Waals surface area contributed by atoms with E-state index < -0.39 is 24.1 Å². The molecule has 26 heavy (non-hydrogen) atoms. The van der Waals surface area contributed by atoms with Crippen LogP contribution in [-0.2, 0) is 9.47 Å². The summed E-state index contributed by atoms with van der Waals surface area (Å²) < 4.78 is 32.6. The number of anilines is 1. The number of hydrogen-bond donors (Lipinski definition) is 2. The van der Waals surface area contributed by atoms with E-state index in [1.54, 1.807) is 0 Å². The molecule has 2 aromatic heterocycles. The average Bonchev–Trinajstić information content (AvgIpc) is 3.11. The molecule has 0 aromatic carbocycles. The van der Waals surface area contributed by atoms with Crippen molar-refractivity contribution >= 4 is 17.1 Å². The van der Waals surface area contributed by atoms with Crippen LogP contribution in [-0.4, -0.2) is 62.8 Å². The molecule has 3 rings (SSSR count). The number of alkyl halides is 1. The number of methoxy groups -OCH3 is 1. The van der Waals surface area contributed by atoms with Crippen molar-refractivity contribution in [1.82, 2.24) is 19.5 Å². The third-order valence-electron chi connectivity index (χ3n) is 4.47. The fourth-order valence-electron chi connectivity index (χ4n) is 3.02. The van der Waals surface area contributed by atoms with Gasteiger partial charge in [-0.25, -0.2) is 9.37 Å². The van der Waals surface area contributed by atoms with E-state index in [2.05, 4.69) is 15.0 Å². The maximum atomic E-state index is 14.8. The molecule has 2 aromatic rings. The van der Waals surface area contributed by atoms with Gasteiger partial charge in [0.15, 0.2) is 23.6 Å². The summed E-state index contributed by atoms with van der Waals surface area (Å²) >= 11 is 0. The van der Waals surface area contributed by atoms with Crippen LogP contribution in [0.2, 0.25) is 0 Å². The average molecular weight is 369 g/mol. The number of unbranched alkanes of at least 4 members (excludes halogenated alkanes) is 1. The van der Waals surface area contributed by atoms with Gasteiger partial charge in [-0.15, -0.1) is 0 Å². The first kappa shape index (κ1) is 18.7. The summed E-state index contributed by atoms with van der Waals surface area (Å²) in [7, 11) is 1.43. The zero-order valence-electron chi connectivity index (χ0n) is 15.1. The zero-order chi connectivity index (χ0) is 18.9. The number of nitrogens with zero attached hydrogens (tertiary/aromatic N) is 4. The molecular weight excluding hydrogens is 345 g/mol. The molecule has 3 N–H and O–H groups in total. The van der Waals surface area contributed by atoms with Gasteiger partial charge in [0.05, 0.1) is 20.0 Å². The number of fused-ring (bicyclic) bond motifs is 1. The van der Waals surface area contributed by atoms with Gasteiger partial charge >= 0.3 is 0 Å². The Morgan fingerprint density at radius 2 is 2.23 bits per heavy atom. The summed E-state index contributed by atoms with van der Waals surface area (Å²) in [6.45, 7) is 3.99. The molecule has 10 heteroatoms. The van der Waals surface area contributed by atoms with Crippen molar-refractivity contribution in [1.29, 1.82) is 0 Å². The highest BCUT2D eigenvalue weighted by Crippen LogP contribution is 2.41. The lowest BCUT2D eigenvalue weighted by Crippen LogP contribution is -2.41. The van der Waals surface area contributed by atoms with Crippen LogP contribution in [0.5, 0.6) is 5.88 Å². The second-order valence-electron chi connectivity index (χ2n) is 6.50. The predicted molar refractivity (Wildman–Crippen MR) is 91.4 cm³/mol. The quantitative estimate of drug-likeness (QED) is 0.700. The third-order valence-corrected chi connectivity index (χ3v) is 4.47. The molecule has 1 aliphatic rings. The van der Waals surface area contributed by atoms with Crippen molar-refractivity contribution in [3.63, 3.8) is 0 Å². The molecule has 0 amide bonds. The summed E-state index contributed by atoms with van der Waals surface area (Å²) in [5.41, 5.74) is 4.55. The number of nitrogen functional groups attached to an aromatic ring is 1. The molecule has 3 heterocycles. The molecule has 9 nitrogen and oxygen atoms in total. The van der Waals surface area contributed by atoms with E-state index >= 15 is 0 Å². The van der Waals surface area contributed by atoms with Crippen molar-refractivity contribution in [2.24, 2.45) is 0 Å². The Balaban J connectivity index is 1.89. The minimum absolute atomic E-state index is 0.0232. The van der Waals surface area contributed by atoms with Crippen LogP contribution < -0.4 is 10.5 Å². The molecule has 0 saturated carbocycles. The molecule has 1 fully saturated rings. The lowest BCUT2D eigenvalue weighted by atomic mass is 9.98. The van der Waals surface area contributed by atoms with Gasteiger partial charge in [-0.1, -0.05) is 13.3 Å². The largest absolute Gasteiger partial charge is 0.479 e. The first-order valence-corrected chi connectivity index (χ1v) is 8.53. The number of imidazole rings is 1. The van der Waals surface area contributed by atoms with Crippen LogP contribution >= 0.6 is 0 Å². The molecule has 0 spiro atoms. The number of ether oxygens (including phenoxy) is 3. The Morgan fingerprint density at radius 3 is 2.92 bits per heavy atom. The number of aromatic nitrogens is 4. The van der Waals surface area contributed by atoms with Gasteiger partial charge in [0.1, 0.15) is 11.7 Å². The second kappa shape index (κ2) is 7.29. The van der Waals surface area contributed by atoms with E-state index in [0.29, 0.717) is 17.8 Å². The SMILES string of the molecule is CCCCOC[C@H]1O[C@@H](n2cnc3c(OC)nc(N)nc32)[C@](C)(O)[C@H]1F. The highest BCUT2D eigenvalue weighted by molar-refractivity contribution is 5.77. The topological polar surface area (TPSA) is 118 Å². The molecule has 0 radical (unpaired) electrons. The number of nitrogens with two attached hydrogens (primary N) is 1. The van der Waals surface area contributed by atoms with Gasteiger partial charge in [-0.05, 0) is 13.3 Å². The van der Waals surface area contributed by atoms with Crippen molar-refractivity contribution in [2.75, 3.05) is 26.1 Å². The summed E-state index contributed by atoms with van der Waals surface area (Å²) in [4.78, 5) is 12.3. The van der Waals surface area contributed by atoms with Gasteiger partial charge < -0.3 is 25.1 Å². The maximum Gasteiger partial charge on any atom is 0.246 e. The monoisotopic (exact) mass is 369 g/mol. The van der Waals surface area contributed by atoms with Gasteiger partial charge in [0.2, 0.25) is 11.8 Å². The molecule has 1 aliphatic heterocycles. The maximum absolute atomic E-state index is 14.8. The summed E-state index contributed by atoms with van der Waals surface area (Å²) in [5, 5.41) is 10.7. The first-order valence-electron chi connectivity index (χ1n) is 8.53. The summed E-state index contributed by atoms with van der Waals surface area (Å²) in [6.07, 6.45) is -0.312. The molecular formula is C16H24FN5O4. The minimum atomic E-state index is -1.79. The normalized spacial score (nSPS) is 28.7. The van der Waals surface area contributed by atoms with Crippen LogP contribution in [0.15, 0.2) is 6.33 Å². The number of rotatable bonds is 7. The Labute approximate surface area is 150 Å². The molecule has 144 valence electrons. The van der Waals surface area contributed by atoms with E-state index in [0.717, 1.165) is 12.8 Å². The van der Waals surface area contributed by atoms with Crippen molar-refractivity contribution < 1.29 is 23.7 Å². The smallest absolute Gasteiger partial charge is 0.246 e. The second-order valence-corrected chi connectivity index (χ2v) is 6.50. The number of halogens is 1. The van der Waals surface area contributed by atoms with E-state index in [-0.39, 0.29) is 18.4 Å². The Kier molecular flexibility index (Phi) is 5.26. The van der Waals surface area contributed by atoms with Crippen LogP contribution in [0.4, 0.5) is 10.3 Å². The van der Waals surface area contributed by atoms with Gasteiger partial charge in [-0.2, -0.15) is 9.97 Å². The van der Waals surface area contributed by atoms with E-state index in [1.807, 2.05) is 6.92 Å². The molecule has 0 aliphatic carbocycles. The highest BCUT2D eigenvalue weighted by atomic mass is 19.1. The Bertz CT molecular complexity index is 768. The van der Waals surface area contributed by atoms with Crippen molar-refractivity contribution in [3.05, 3.63) is 6.33 Å². The fraction of sp³-hybridized carbons (Fsp3) is 0.688. The Hall–Kier alpha value is -2.04. The lowest BCUT2D eigenvalue weighted by Gasteiger charge is -2.26. The van der Waals surface area contributed by atoms with Gasteiger partial charge in [-0.3, -0.25) is 4.57 Å². The molecule has 1 saturated heterocycles. The summed E-state index contributed by atoms with van der Waals surface area (Å²) in [6, 6.07) is 0. The zero-order valence-corrected chi connectivity index (χ0v) is 15.1. The lowest BCUT2D eigenvalue weighted by molar-refractivity contribution is -0.0925. The van der Waals surface area contributed by atoms with Crippen LogP contribution in [0.1, 0.15) is 32.9 Å². The molecule has 0 bridgehead atoms. The van der Waals surface area contributed by atoms with Crippen molar-refractivity contribution in [2.45, 2.75) is 50.8 Å².